The number of carbonyl (C=O) groups excluding carboxylic acids is 2. The van der Waals surface area contributed by atoms with Crippen molar-refractivity contribution in [3.63, 3.8) is 0 Å². The fraction of sp³-hybridized carbons (Fsp3) is 0.500. The van der Waals surface area contributed by atoms with Crippen LogP contribution in [0.4, 0.5) is 11.4 Å². The average Bonchev–Trinajstić information content (AvgIpc) is 3.32. The first-order valence-electron chi connectivity index (χ1n) is 7.70. The standard InChI is InChI=1S/C16H21N3O3.ClH/c1-10-14(17-7-8-22-10)16(21)19-13-4-2-3-12(9-13)18-15(20)11-5-6-11;/h2-4,9-11,14,17H,5-8H2,1H3,(H,18,20)(H,19,21);1H/t10-,14+;/m1./s1. The molecule has 2 fully saturated rings. The molecule has 3 rings (SSSR count). The van der Waals surface area contributed by atoms with E-state index >= 15 is 0 Å². The van der Waals surface area contributed by atoms with Gasteiger partial charge in [0.1, 0.15) is 6.04 Å². The van der Waals surface area contributed by atoms with Crippen LogP contribution in [0.25, 0.3) is 0 Å². The van der Waals surface area contributed by atoms with E-state index in [4.69, 9.17) is 4.74 Å². The Hall–Kier alpha value is -1.63. The number of ether oxygens (including phenoxy) is 1. The molecule has 0 radical (unpaired) electrons. The van der Waals surface area contributed by atoms with Gasteiger partial charge in [0.05, 0.1) is 12.7 Å². The Balaban J connectivity index is 0.00000192. The van der Waals surface area contributed by atoms with Crippen LogP contribution in [0.5, 0.6) is 0 Å². The molecule has 2 aliphatic rings. The molecule has 0 bridgehead atoms. The van der Waals surface area contributed by atoms with Crippen molar-refractivity contribution in [2.75, 3.05) is 23.8 Å². The van der Waals surface area contributed by atoms with Gasteiger partial charge in [-0.15, -0.1) is 12.4 Å². The summed E-state index contributed by atoms with van der Waals surface area (Å²) in [6, 6.07) is 6.84. The zero-order chi connectivity index (χ0) is 15.5. The van der Waals surface area contributed by atoms with E-state index in [1.807, 2.05) is 19.1 Å². The molecule has 126 valence electrons. The molecule has 1 aromatic rings. The molecule has 7 heteroatoms. The summed E-state index contributed by atoms with van der Waals surface area (Å²) in [7, 11) is 0. The van der Waals surface area contributed by atoms with Gasteiger partial charge in [0.25, 0.3) is 0 Å². The predicted molar refractivity (Wildman–Crippen MR) is 90.9 cm³/mol. The lowest BCUT2D eigenvalue weighted by atomic mass is 10.1. The molecular weight excluding hydrogens is 318 g/mol. The smallest absolute Gasteiger partial charge is 0.244 e. The number of hydrogen-bond donors (Lipinski definition) is 3. The molecular formula is C16H22ClN3O3. The van der Waals surface area contributed by atoms with Crippen LogP contribution in [0.1, 0.15) is 19.8 Å². The zero-order valence-corrected chi connectivity index (χ0v) is 13.8. The molecule has 0 aromatic heterocycles. The van der Waals surface area contributed by atoms with Crippen molar-refractivity contribution in [2.24, 2.45) is 5.92 Å². The third kappa shape index (κ3) is 4.67. The first-order valence-corrected chi connectivity index (χ1v) is 7.70. The summed E-state index contributed by atoms with van der Waals surface area (Å²) in [6.07, 6.45) is 1.77. The van der Waals surface area contributed by atoms with E-state index < -0.39 is 0 Å². The molecule has 1 heterocycles. The largest absolute Gasteiger partial charge is 0.375 e. The Morgan fingerprint density at radius 3 is 2.43 bits per heavy atom. The summed E-state index contributed by atoms with van der Waals surface area (Å²) in [5.74, 6) is 0.0833. The third-order valence-corrected chi connectivity index (χ3v) is 3.94. The minimum atomic E-state index is -0.363. The minimum Gasteiger partial charge on any atom is -0.375 e. The number of anilines is 2. The lowest BCUT2D eigenvalue weighted by Crippen LogP contribution is -2.53. The molecule has 0 unspecified atom stereocenters. The van der Waals surface area contributed by atoms with E-state index in [1.165, 1.54) is 0 Å². The van der Waals surface area contributed by atoms with E-state index in [2.05, 4.69) is 16.0 Å². The van der Waals surface area contributed by atoms with Gasteiger partial charge in [-0.3, -0.25) is 9.59 Å². The van der Waals surface area contributed by atoms with Crippen molar-refractivity contribution in [1.29, 1.82) is 0 Å². The Morgan fingerprint density at radius 2 is 1.83 bits per heavy atom. The second-order valence-electron chi connectivity index (χ2n) is 5.84. The number of halogens is 1. The summed E-state index contributed by atoms with van der Waals surface area (Å²) in [4.78, 5) is 24.1. The van der Waals surface area contributed by atoms with Gasteiger partial charge in [0.15, 0.2) is 0 Å². The number of nitrogens with one attached hydrogen (secondary N) is 3. The highest BCUT2D eigenvalue weighted by molar-refractivity contribution is 5.97. The van der Waals surface area contributed by atoms with Gasteiger partial charge in [-0.05, 0) is 38.0 Å². The monoisotopic (exact) mass is 339 g/mol. The second-order valence-corrected chi connectivity index (χ2v) is 5.84. The number of benzene rings is 1. The van der Waals surface area contributed by atoms with Gasteiger partial charge in [-0.2, -0.15) is 0 Å². The van der Waals surface area contributed by atoms with Gasteiger partial charge >= 0.3 is 0 Å². The van der Waals surface area contributed by atoms with E-state index in [0.29, 0.717) is 24.5 Å². The van der Waals surface area contributed by atoms with Gasteiger partial charge in [-0.1, -0.05) is 6.07 Å². The Bertz CT molecular complexity index is 577. The zero-order valence-electron chi connectivity index (χ0n) is 13.0. The normalized spacial score (nSPS) is 23.5. The van der Waals surface area contributed by atoms with Crippen LogP contribution in [-0.2, 0) is 14.3 Å². The average molecular weight is 340 g/mol. The number of hydrogen-bond acceptors (Lipinski definition) is 4. The minimum absolute atomic E-state index is 0. The second kappa shape index (κ2) is 7.77. The van der Waals surface area contributed by atoms with Crippen LogP contribution < -0.4 is 16.0 Å². The summed E-state index contributed by atoms with van der Waals surface area (Å²) in [5.41, 5.74) is 1.37. The summed E-state index contributed by atoms with van der Waals surface area (Å²) >= 11 is 0. The fourth-order valence-corrected chi connectivity index (χ4v) is 2.51. The number of rotatable bonds is 4. The highest BCUT2D eigenvalue weighted by atomic mass is 35.5. The summed E-state index contributed by atoms with van der Waals surface area (Å²) in [6.45, 7) is 3.16. The van der Waals surface area contributed by atoms with Gasteiger partial charge < -0.3 is 20.7 Å². The van der Waals surface area contributed by atoms with Crippen LogP contribution in [-0.4, -0.2) is 37.1 Å². The molecule has 1 aliphatic heterocycles. The van der Waals surface area contributed by atoms with Crippen molar-refractivity contribution >= 4 is 35.6 Å². The SMILES string of the molecule is C[C@H]1OCCN[C@@H]1C(=O)Nc1cccc(NC(=O)C2CC2)c1.Cl. The van der Waals surface area contributed by atoms with E-state index in [-0.39, 0.29) is 42.3 Å². The van der Waals surface area contributed by atoms with Crippen LogP contribution in [0, 0.1) is 5.92 Å². The maximum absolute atomic E-state index is 12.3. The van der Waals surface area contributed by atoms with E-state index in [0.717, 1.165) is 12.8 Å². The third-order valence-electron chi connectivity index (χ3n) is 3.94. The first-order chi connectivity index (χ1) is 10.6. The lowest BCUT2D eigenvalue weighted by Gasteiger charge is -2.29. The van der Waals surface area contributed by atoms with Crippen LogP contribution in [0.2, 0.25) is 0 Å². The van der Waals surface area contributed by atoms with Crippen molar-refractivity contribution in [1.82, 2.24) is 5.32 Å². The quantitative estimate of drug-likeness (QED) is 0.781. The molecule has 6 nitrogen and oxygen atoms in total. The first kappa shape index (κ1) is 17.7. The topological polar surface area (TPSA) is 79.5 Å². The molecule has 1 aromatic carbocycles. The Morgan fingerprint density at radius 1 is 1.17 bits per heavy atom. The van der Waals surface area contributed by atoms with Crippen molar-refractivity contribution < 1.29 is 14.3 Å². The highest BCUT2D eigenvalue weighted by Crippen LogP contribution is 2.30. The molecule has 1 aliphatic carbocycles. The maximum Gasteiger partial charge on any atom is 0.244 e. The molecule has 23 heavy (non-hydrogen) atoms. The predicted octanol–water partition coefficient (Wildman–Crippen LogP) is 1.77. The van der Waals surface area contributed by atoms with Crippen LogP contribution >= 0.6 is 12.4 Å². The number of morpholine rings is 1. The van der Waals surface area contributed by atoms with Crippen LogP contribution in [0.3, 0.4) is 0 Å². The maximum atomic E-state index is 12.3. The molecule has 2 amide bonds. The van der Waals surface area contributed by atoms with Crippen molar-refractivity contribution in [3.8, 4) is 0 Å². The Labute approximate surface area is 141 Å². The number of carbonyl (C=O) groups is 2. The molecule has 2 atom stereocenters. The summed E-state index contributed by atoms with van der Waals surface area (Å²) in [5, 5.41) is 8.90. The highest BCUT2D eigenvalue weighted by Gasteiger charge is 2.30. The van der Waals surface area contributed by atoms with Gasteiger partial charge in [-0.25, -0.2) is 0 Å². The lowest BCUT2D eigenvalue weighted by molar-refractivity contribution is -0.123. The fourth-order valence-electron chi connectivity index (χ4n) is 2.51. The van der Waals surface area contributed by atoms with Crippen molar-refractivity contribution in [2.45, 2.75) is 31.9 Å². The molecule has 1 saturated carbocycles. The van der Waals surface area contributed by atoms with Crippen LogP contribution in [0.15, 0.2) is 24.3 Å². The molecule has 1 saturated heterocycles. The molecule has 0 spiro atoms. The van der Waals surface area contributed by atoms with Gasteiger partial charge in [0, 0.05) is 23.8 Å². The van der Waals surface area contributed by atoms with E-state index in [1.54, 1.807) is 12.1 Å². The van der Waals surface area contributed by atoms with E-state index in [9.17, 15) is 9.59 Å². The van der Waals surface area contributed by atoms with Crippen molar-refractivity contribution in [3.05, 3.63) is 24.3 Å². The summed E-state index contributed by atoms with van der Waals surface area (Å²) < 4.78 is 5.48. The Kier molecular flexibility index (Phi) is 5.98. The number of amides is 2. The molecule has 3 N–H and O–H groups in total. The van der Waals surface area contributed by atoms with Gasteiger partial charge in [0.2, 0.25) is 11.8 Å².